The number of anilines is 1. The van der Waals surface area contributed by atoms with Crippen LogP contribution in [0.25, 0.3) is 0 Å². The van der Waals surface area contributed by atoms with Crippen molar-refractivity contribution in [2.24, 2.45) is 0 Å². The third-order valence-electron chi connectivity index (χ3n) is 2.15. The minimum atomic E-state index is 0.403. The average molecular weight is 308 g/mol. The highest BCUT2D eigenvalue weighted by molar-refractivity contribution is 7.16. The Kier molecular flexibility index (Phi) is 4.25. The lowest BCUT2D eigenvalue weighted by Crippen LogP contribution is -2.16. The molecule has 2 heterocycles. The van der Waals surface area contributed by atoms with Crippen molar-refractivity contribution in [2.45, 2.75) is 19.3 Å². The Hall–Kier alpha value is -0.360. The standard InChI is InChI=1S/C10H11Cl2N3S2/c1-6-13-7(5-16-6)4-15(2)10-14-9(12)8(3-11)17-10/h5H,3-4H2,1-2H3. The second-order valence-electron chi connectivity index (χ2n) is 3.56. The van der Waals surface area contributed by atoms with Gasteiger partial charge in [-0.05, 0) is 6.92 Å². The van der Waals surface area contributed by atoms with E-state index in [1.165, 1.54) is 11.3 Å². The molecule has 0 aliphatic carbocycles. The highest BCUT2D eigenvalue weighted by atomic mass is 35.5. The Morgan fingerprint density at radius 1 is 1.41 bits per heavy atom. The molecule has 0 amide bonds. The van der Waals surface area contributed by atoms with Gasteiger partial charge in [-0.2, -0.15) is 0 Å². The molecule has 0 spiro atoms. The molecule has 3 nitrogen and oxygen atoms in total. The Morgan fingerprint density at radius 2 is 2.18 bits per heavy atom. The van der Waals surface area contributed by atoms with Crippen LogP contribution >= 0.6 is 45.9 Å². The van der Waals surface area contributed by atoms with Crippen molar-refractivity contribution in [3.05, 3.63) is 26.1 Å². The Morgan fingerprint density at radius 3 is 2.71 bits per heavy atom. The summed E-state index contributed by atoms with van der Waals surface area (Å²) in [6, 6.07) is 0. The summed E-state index contributed by atoms with van der Waals surface area (Å²) >= 11 is 14.9. The van der Waals surface area contributed by atoms with E-state index in [4.69, 9.17) is 23.2 Å². The molecule has 92 valence electrons. The highest BCUT2D eigenvalue weighted by Gasteiger charge is 2.13. The second kappa shape index (κ2) is 5.52. The van der Waals surface area contributed by atoms with E-state index in [1.807, 2.05) is 18.9 Å². The summed E-state index contributed by atoms with van der Waals surface area (Å²) in [4.78, 5) is 11.6. The first-order valence-corrected chi connectivity index (χ1v) is 7.54. The quantitative estimate of drug-likeness (QED) is 0.801. The van der Waals surface area contributed by atoms with E-state index >= 15 is 0 Å². The number of thiazole rings is 2. The van der Waals surface area contributed by atoms with Gasteiger partial charge in [0.15, 0.2) is 5.13 Å². The van der Waals surface area contributed by atoms with Crippen LogP contribution in [0.15, 0.2) is 5.38 Å². The normalized spacial score (nSPS) is 10.8. The van der Waals surface area contributed by atoms with Gasteiger partial charge in [-0.1, -0.05) is 22.9 Å². The number of aryl methyl sites for hydroxylation is 1. The fourth-order valence-corrected chi connectivity index (χ4v) is 3.40. The summed E-state index contributed by atoms with van der Waals surface area (Å²) in [5.41, 5.74) is 1.05. The van der Waals surface area contributed by atoms with Crippen LogP contribution < -0.4 is 4.90 Å². The minimum absolute atomic E-state index is 0.403. The molecule has 2 rings (SSSR count). The molecule has 0 aliphatic rings. The first-order valence-electron chi connectivity index (χ1n) is 4.93. The summed E-state index contributed by atoms with van der Waals surface area (Å²) in [5, 5.41) is 4.51. The van der Waals surface area contributed by atoms with Gasteiger partial charge in [0.05, 0.1) is 28.0 Å². The van der Waals surface area contributed by atoms with Crippen LogP contribution in [-0.4, -0.2) is 17.0 Å². The zero-order valence-electron chi connectivity index (χ0n) is 9.41. The predicted molar refractivity (Wildman–Crippen MR) is 75.6 cm³/mol. The van der Waals surface area contributed by atoms with Crippen molar-refractivity contribution in [3.63, 3.8) is 0 Å². The number of halogens is 2. The summed E-state index contributed by atoms with van der Waals surface area (Å²) in [5.74, 6) is 0.403. The molecule has 0 aliphatic heterocycles. The zero-order valence-corrected chi connectivity index (χ0v) is 12.6. The average Bonchev–Trinajstić information content (AvgIpc) is 2.85. The number of rotatable bonds is 4. The summed E-state index contributed by atoms with van der Waals surface area (Å²) < 4.78 is 0. The van der Waals surface area contributed by atoms with Crippen LogP contribution in [0.4, 0.5) is 5.13 Å². The van der Waals surface area contributed by atoms with Crippen molar-refractivity contribution < 1.29 is 0 Å². The van der Waals surface area contributed by atoms with Crippen molar-refractivity contribution in [2.75, 3.05) is 11.9 Å². The fourth-order valence-electron chi connectivity index (χ4n) is 1.36. The molecular weight excluding hydrogens is 297 g/mol. The van der Waals surface area contributed by atoms with Gasteiger partial charge in [-0.3, -0.25) is 0 Å². The maximum atomic E-state index is 5.97. The first kappa shape index (κ1) is 13.1. The smallest absolute Gasteiger partial charge is 0.187 e. The lowest BCUT2D eigenvalue weighted by Gasteiger charge is -2.13. The minimum Gasteiger partial charge on any atom is -0.345 e. The first-order chi connectivity index (χ1) is 8.10. The molecule has 2 aromatic rings. The molecular formula is C10H11Cl2N3S2. The van der Waals surface area contributed by atoms with Gasteiger partial charge in [-0.25, -0.2) is 9.97 Å². The monoisotopic (exact) mass is 307 g/mol. The molecule has 0 unspecified atom stereocenters. The molecule has 0 fully saturated rings. The van der Waals surface area contributed by atoms with Gasteiger partial charge in [0.1, 0.15) is 5.15 Å². The maximum Gasteiger partial charge on any atom is 0.187 e. The van der Waals surface area contributed by atoms with Crippen LogP contribution in [0, 0.1) is 6.92 Å². The SMILES string of the molecule is Cc1nc(CN(C)c2nc(Cl)c(CCl)s2)cs1. The molecule has 7 heteroatoms. The molecule has 17 heavy (non-hydrogen) atoms. The van der Waals surface area contributed by atoms with Crippen LogP contribution in [0.5, 0.6) is 0 Å². The fraction of sp³-hybridized carbons (Fsp3) is 0.400. The number of alkyl halides is 1. The molecule has 0 bridgehead atoms. The lowest BCUT2D eigenvalue weighted by atomic mass is 10.4. The molecule has 2 aromatic heterocycles. The number of aromatic nitrogens is 2. The lowest BCUT2D eigenvalue weighted by molar-refractivity contribution is 0.884. The second-order valence-corrected chi connectivity index (χ2v) is 6.31. The summed E-state index contributed by atoms with van der Waals surface area (Å²) in [7, 11) is 1.97. The third kappa shape index (κ3) is 3.10. The Labute approximate surface area is 118 Å². The van der Waals surface area contributed by atoms with E-state index in [2.05, 4.69) is 15.3 Å². The molecule has 0 atom stereocenters. The largest absolute Gasteiger partial charge is 0.345 e. The van der Waals surface area contributed by atoms with E-state index in [0.29, 0.717) is 11.0 Å². The van der Waals surface area contributed by atoms with Crippen molar-refractivity contribution in [1.29, 1.82) is 0 Å². The number of hydrogen-bond acceptors (Lipinski definition) is 5. The van der Waals surface area contributed by atoms with Crippen LogP contribution in [0.3, 0.4) is 0 Å². The van der Waals surface area contributed by atoms with Gasteiger partial charge < -0.3 is 4.90 Å². The Bertz CT molecular complexity index is 509. The van der Waals surface area contributed by atoms with Gasteiger partial charge in [0.25, 0.3) is 0 Å². The van der Waals surface area contributed by atoms with Crippen molar-refractivity contribution in [3.8, 4) is 0 Å². The van der Waals surface area contributed by atoms with E-state index in [1.54, 1.807) is 11.3 Å². The molecule has 0 saturated heterocycles. The molecule has 0 saturated carbocycles. The van der Waals surface area contributed by atoms with Gasteiger partial charge in [-0.15, -0.1) is 22.9 Å². The van der Waals surface area contributed by atoms with E-state index in [-0.39, 0.29) is 0 Å². The summed E-state index contributed by atoms with van der Waals surface area (Å²) in [6.45, 7) is 2.73. The number of hydrogen-bond donors (Lipinski definition) is 0. The highest BCUT2D eigenvalue weighted by Crippen LogP contribution is 2.30. The van der Waals surface area contributed by atoms with Crippen LogP contribution in [0.1, 0.15) is 15.6 Å². The third-order valence-corrected chi connectivity index (χ3v) is 4.99. The van der Waals surface area contributed by atoms with Crippen molar-refractivity contribution >= 4 is 51.0 Å². The molecule has 0 radical (unpaired) electrons. The maximum absolute atomic E-state index is 5.97. The molecule has 0 N–H and O–H groups in total. The van der Waals surface area contributed by atoms with E-state index in [9.17, 15) is 0 Å². The van der Waals surface area contributed by atoms with E-state index in [0.717, 1.165) is 27.3 Å². The van der Waals surface area contributed by atoms with Crippen LogP contribution in [-0.2, 0) is 12.4 Å². The van der Waals surface area contributed by atoms with E-state index < -0.39 is 0 Å². The topological polar surface area (TPSA) is 29.0 Å². The summed E-state index contributed by atoms with van der Waals surface area (Å²) in [6.07, 6.45) is 0. The van der Waals surface area contributed by atoms with Crippen molar-refractivity contribution in [1.82, 2.24) is 9.97 Å². The molecule has 0 aromatic carbocycles. The van der Waals surface area contributed by atoms with Crippen LogP contribution in [0.2, 0.25) is 5.15 Å². The van der Waals surface area contributed by atoms with Gasteiger partial charge in [0.2, 0.25) is 0 Å². The predicted octanol–water partition coefficient (Wildman–Crippen LogP) is 3.94. The zero-order chi connectivity index (χ0) is 12.4. The Balaban J connectivity index is 2.11. The van der Waals surface area contributed by atoms with Gasteiger partial charge >= 0.3 is 0 Å². The number of nitrogens with zero attached hydrogens (tertiary/aromatic N) is 3. The van der Waals surface area contributed by atoms with Gasteiger partial charge in [0, 0.05) is 12.4 Å².